The third kappa shape index (κ3) is 4.25. The SMILES string of the molecule is COC(=O)CCN(C)S(=O)(=O)c1cc(C(=O)OC)sc1Br. The molecule has 0 aromatic carbocycles. The molecule has 1 heterocycles. The van der Waals surface area contributed by atoms with Gasteiger partial charge in [0.25, 0.3) is 0 Å². The molecule has 1 aromatic heterocycles. The van der Waals surface area contributed by atoms with Crippen molar-refractivity contribution in [2.45, 2.75) is 11.3 Å². The number of nitrogens with zero attached hydrogens (tertiary/aromatic N) is 1. The zero-order valence-corrected chi connectivity index (χ0v) is 14.8. The van der Waals surface area contributed by atoms with E-state index in [1.165, 1.54) is 27.3 Å². The smallest absolute Gasteiger partial charge is 0.348 e. The van der Waals surface area contributed by atoms with Crippen LogP contribution >= 0.6 is 27.3 Å². The summed E-state index contributed by atoms with van der Waals surface area (Å²) in [6, 6.07) is 1.24. The van der Waals surface area contributed by atoms with E-state index >= 15 is 0 Å². The van der Waals surface area contributed by atoms with Crippen LogP contribution < -0.4 is 0 Å². The average molecular weight is 400 g/mol. The number of hydrogen-bond donors (Lipinski definition) is 0. The molecule has 0 saturated heterocycles. The normalized spacial score (nSPS) is 11.5. The highest BCUT2D eigenvalue weighted by Crippen LogP contribution is 2.33. The van der Waals surface area contributed by atoms with Crippen LogP contribution in [0.2, 0.25) is 0 Å². The summed E-state index contributed by atoms with van der Waals surface area (Å²) in [4.78, 5) is 22.6. The lowest BCUT2D eigenvalue weighted by atomic mass is 10.4. The van der Waals surface area contributed by atoms with Crippen molar-refractivity contribution >= 4 is 49.2 Å². The molecule has 7 nitrogen and oxygen atoms in total. The Bertz CT molecular complexity index is 639. The first-order valence-electron chi connectivity index (χ1n) is 5.64. The molecule has 0 fully saturated rings. The zero-order valence-electron chi connectivity index (χ0n) is 11.6. The van der Waals surface area contributed by atoms with Gasteiger partial charge >= 0.3 is 11.9 Å². The maximum absolute atomic E-state index is 12.4. The van der Waals surface area contributed by atoms with E-state index in [4.69, 9.17) is 0 Å². The molecule has 118 valence electrons. The summed E-state index contributed by atoms with van der Waals surface area (Å²) >= 11 is 4.09. The number of sulfonamides is 1. The summed E-state index contributed by atoms with van der Waals surface area (Å²) in [7, 11) is -0.0197. The van der Waals surface area contributed by atoms with E-state index in [-0.39, 0.29) is 22.7 Å². The predicted octanol–water partition coefficient (Wildman–Crippen LogP) is 1.48. The number of carbonyl (C=O) groups excluding carboxylic acids is 2. The van der Waals surface area contributed by atoms with Crippen LogP contribution in [0.4, 0.5) is 0 Å². The highest BCUT2D eigenvalue weighted by Gasteiger charge is 2.27. The molecule has 0 unspecified atom stereocenters. The zero-order chi connectivity index (χ0) is 16.2. The molecular formula is C11H14BrNO6S2. The van der Waals surface area contributed by atoms with Crippen molar-refractivity contribution in [1.82, 2.24) is 4.31 Å². The first-order chi connectivity index (χ1) is 9.73. The van der Waals surface area contributed by atoms with E-state index < -0.39 is 22.0 Å². The van der Waals surface area contributed by atoms with Crippen LogP contribution in [0.3, 0.4) is 0 Å². The number of rotatable bonds is 6. The van der Waals surface area contributed by atoms with Crippen LogP contribution in [-0.2, 0) is 24.3 Å². The lowest BCUT2D eigenvalue weighted by Crippen LogP contribution is -2.29. The van der Waals surface area contributed by atoms with Crippen molar-refractivity contribution in [2.24, 2.45) is 0 Å². The Labute approximate surface area is 135 Å². The van der Waals surface area contributed by atoms with Crippen molar-refractivity contribution in [3.63, 3.8) is 0 Å². The molecule has 10 heteroatoms. The number of hydrogen-bond acceptors (Lipinski definition) is 7. The number of halogens is 1. The second-order valence-corrected chi connectivity index (χ2v) is 8.28. The molecule has 0 bridgehead atoms. The summed E-state index contributed by atoms with van der Waals surface area (Å²) in [5, 5.41) is 0. The number of esters is 2. The van der Waals surface area contributed by atoms with Crippen LogP contribution in [0.15, 0.2) is 14.7 Å². The third-order valence-corrected chi connectivity index (χ3v) is 6.68. The Kier molecular flexibility index (Phi) is 6.32. The van der Waals surface area contributed by atoms with Crippen molar-refractivity contribution in [3.05, 3.63) is 14.7 Å². The summed E-state index contributed by atoms with van der Waals surface area (Å²) in [6.07, 6.45) is -0.0577. The van der Waals surface area contributed by atoms with E-state index in [0.717, 1.165) is 15.6 Å². The minimum Gasteiger partial charge on any atom is -0.469 e. The quantitative estimate of drug-likeness (QED) is 0.672. The fourth-order valence-electron chi connectivity index (χ4n) is 1.37. The van der Waals surface area contributed by atoms with Gasteiger partial charge in [-0.2, -0.15) is 0 Å². The fourth-order valence-corrected chi connectivity index (χ4v) is 4.97. The molecule has 0 aliphatic carbocycles. The number of thiophene rings is 1. The third-order valence-electron chi connectivity index (χ3n) is 2.59. The number of ether oxygens (including phenoxy) is 2. The van der Waals surface area contributed by atoms with Crippen LogP contribution in [-0.4, -0.2) is 52.5 Å². The molecule has 0 atom stereocenters. The summed E-state index contributed by atoms with van der Waals surface area (Å²) in [5.41, 5.74) is 0. The van der Waals surface area contributed by atoms with Crippen molar-refractivity contribution in [2.75, 3.05) is 27.8 Å². The second-order valence-electron chi connectivity index (χ2n) is 3.89. The lowest BCUT2D eigenvalue weighted by Gasteiger charge is -2.15. The molecule has 1 aromatic rings. The molecule has 0 spiro atoms. The van der Waals surface area contributed by atoms with Gasteiger partial charge in [-0.15, -0.1) is 11.3 Å². The van der Waals surface area contributed by atoms with E-state index in [1.807, 2.05) is 0 Å². The minimum absolute atomic E-state index is 0.0230. The van der Waals surface area contributed by atoms with Crippen LogP contribution in [0.5, 0.6) is 0 Å². The van der Waals surface area contributed by atoms with Crippen LogP contribution in [0.25, 0.3) is 0 Å². The molecule has 1 rings (SSSR count). The maximum Gasteiger partial charge on any atom is 0.348 e. The van der Waals surface area contributed by atoms with Gasteiger partial charge < -0.3 is 9.47 Å². The average Bonchev–Trinajstić information content (AvgIpc) is 2.85. The highest BCUT2D eigenvalue weighted by atomic mass is 79.9. The summed E-state index contributed by atoms with van der Waals surface area (Å²) < 4.78 is 35.1. The Morgan fingerprint density at radius 2 is 1.95 bits per heavy atom. The van der Waals surface area contributed by atoms with Gasteiger partial charge in [0.2, 0.25) is 10.0 Å². The predicted molar refractivity (Wildman–Crippen MR) is 79.8 cm³/mol. The molecule has 0 N–H and O–H groups in total. The van der Waals surface area contributed by atoms with Crippen molar-refractivity contribution in [1.29, 1.82) is 0 Å². The Morgan fingerprint density at radius 1 is 1.33 bits per heavy atom. The minimum atomic E-state index is -3.81. The van der Waals surface area contributed by atoms with E-state index in [9.17, 15) is 18.0 Å². The molecule has 0 aliphatic rings. The Balaban J connectivity index is 2.99. The van der Waals surface area contributed by atoms with Gasteiger partial charge in [0.1, 0.15) is 9.77 Å². The maximum atomic E-state index is 12.4. The monoisotopic (exact) mass is 399 g/mol. The van der Waals surface area contributed by atoms with Crippen LogP contribution in [0, 0.1) is 0 Å². The van der Waals surface area contributed by atoms with E-state index in [1.54, 1.807) is 0 Å². The Hall–Kier alpha value is -0.970. The standard InChI is InChI=1S/C11H14BrNO6S2/c1-13(5-4-9(14)18-2)21(16,17)8-6-7(11(15)19-3)20-10(8)12/h6H,4-5H2,1-3H3. The van der Waals surface area contributed by atoms with Gasteiger partial charge in [-0.05, 0) is 22.0 Å². The first-order valence-corrected chi connectivity index (χ1v) is 8.69. The largest absolute Gasteiger partial charge is 0.469 e. The van der Waals surface area contributed by atoms with E-state index in [2.05, 4.69) is 25.4 Å². The first kappa shape index (κ1) is 18.1. The second kappa shape index (κ2) is 7.34. The molecule has 0 saturated carbocycles. The molecular weight excluding hydrogens is 386 g/mol. The topological polar surface area (TPSA) is 90.0 Å². The van der Waals surface area contributed by atoms with Gasteiger partial charge in [-0.25, -0.2) is 17.5 Å². The number of carbonyl (C=O) groups is 2. The highest BCUT2D eigenvalue weighted by molar-refractivity contribution is 9.11. The fraction of sp³-hybridized carbons (Fsp3) is 0.455. The van der Waals surface area contributed by atoms with Gasteiger partial charge in [0.05, 0.1) is 24.4 Å². The van der Waals surface area contributed by atoms with Gasteiger partial charge in [-0.1, -0.05) is 0 Å². The van der Waals surface area contributed by atoms with Crippen molar-refractivity contribution in [3.8, 4) is 0 Å². The van der Waals surface area contributed by atoms with Gasteiger partial charge in [-0.3, -0.25) is 4.79 Å². The number of methoxy groups -OCH3 is 2. The molecule has 0 radical (unpaired) electrons. The van der Waals surface area contributed by atoms with Crippen LogP contribution in [0.1, 0.15) is 16.1 Å². The molecule has 21 heavy (non-hydrogen) atoms. The Morgan fingerprint density at radius 3 is 2.48 bits per heavy atom. The summed E-state index contributed by atoms with van der Waals surface area (Å²) in [6.45, 7) is -0.0230. The lowest BCUT2D eigenvalue weighted by molar-refractivity contribution is -0.140. The summed E-state index contributed by atoms with van der Waals surface area (Å²) in [5.74, 6) is -1.11. The molecule has 0 amide bonds. The molecule has 0 aliphatic heterocycles. The van der Waals surface area contributed by atoms with Gasteiger partial charge in [0.15, 0.2) is 0 Å². The van der Waals surface area contributed by atoms with Crippen molar-refractivity contribution < 1.29 is 27.5 Å². The van der Waals surface area contributed by atoms with E-state index in [0.29, 0.717) is 3.79 Å². The van der Waals surface area contributed by atoms with Gasteiger partial charge in [0, 0.05) is 13.6 Å².